The van der Waals surface area contributed by atoms with Crippen molar-refractivity contribution in [3.8, 4) is 0 Å². The number of methoxy groups -OCH3 is 1. The summed E-state index contributed by atoms with van der Waals surface area (Å²) in [6, 6.07) is 0. The van der Waals surface area contributed by atoms with E-state index in [-0.39, 0.29) is 24.3 Å². The van der Waals surface area contributed by atoms with Gasteiger partial charge in [0.1, 0.15) is 5.82 Å². The Morgan fingerprint density at radius 2 is 2.14 bits per heavy atom. The van der Waals surface area contributed by atoms with E-state index in [9.17, 15) is 23.1 Å². The second-order valence-corrected chi connectivity index (χ2v) is 7.22. The van der Waals surface area contributed by atoms with E-state index in [1.807, 2.05) is 18.7 Å². The Balaban J connectivity index is 2.17. The fraction of sp³-hybridized carbons (Fsp3) is 0.722. The molecule has 1 fully saturated rings. The van der Waals surface area contributed by atoms with Crippen molar-refractivity contribution >= 4 is 11.9 Å². The molecule has 0 saturated carbocycles. The molecule has 0 spiro atoms. The summed E-state index contributed by atoms with van der Waals surface area (Å²) < 4.78 is 46.8. The average molecular weight is 419 g/mol. The zero-order valence-corrected chi connectivity index (χ0v) is 17.0. The maximum absolute atomic E-state index is 13.6. The standard InChI is InChI=1S/C18H28F3N5O3/c1-5-22-16(26-10-12(2)13(11-26)14(27)29-4)24-7-6-17(28,18(19,20)21)15-23-8-9-25(15)3/h8-9,12-13,28H,5-7,10-11H2,1-4H3,(H,22,24). The number of aryl methyl sites for hydroxylation is 1. The SMILES string of the molecule is CCNC(=NCCC(O)(c1nccn1C)C(F)(F)F)N1CC(C)C(C(=O)OC)C1. The Bertz CT molecular complexity index is 737. The van der Waals surface area contributed by atoms with Crippen LogP contribution in [-0.4, -0.2) is 71.0 Å². The molecule has 0 amide bonds. The number of hydrogen-bond donors (Lipinski definition) is 2. The molecule has 1 aliphatic rings. The van der Waals surface area contributed by atoms with Gasteiger partial charge in [0.25, 0.3) is 0 Å². The van der Waals surface area contributed by atoms with Crippen molar-refractivity contribution in [1.82, 2.24) is 19.8 Å². The van der Waals surface area contributed by atoms with Gasteiger partial charge in [-0.05, 0) is 12.8 Å². The number of nitrogens with one attached hydrogen (secondary N) is 1. The number of carbonyl (C=O) groups is 1. The van der Waals surface area contributed by atoms with Gasteiger partial charge >= 0.3 is 12.1 Å². The third-order valence-electron chi connectivity index (χ3n) is 5.15. The summed E-state index contributed by atoms with van der Waals surface area (Å²) in [6.45, 7) is 4.87. The zero-order valence-electron chi connectivity index (χ0n) is 17.0. The number of alkyl halides is 3. The molecule has 8 nitrogen and oxygen atoms in total. The molecule has 1 aromatic heterocycles. The van der Waals surface area contributed by atoms with Gasteiger partial charge in [-0.2, -0.15) is 13.2 Å². The molecule has 1 saturated heterocycles. The lowest BCUT2D eigenvalue weighted by Crippen LogP contribution is -2.45. The second kappa shape index (κ2) is 9.02. The van der Waals surface area contributed by atoms with Crippen LogP contribution in [0, 0.1) is 11.8 Å². The molecular formula is C18H28F3N5O3. The van der Waals surface area contributed by atoms with E-state index in [2.05, 4.69) is 15.3 Å². The summed E-state index contributed by atoms with van der Waals surface area (Å²) in [5, 5.41) is 13.4. The molecular weight excluding hydrogens is 391 g/mol. The number of aliphatic hydroxyl groups is 1. The quantitative estimate of drug-likeness (QED) is 0.410. The Hall–Kier alpha value is -2.30. The number of halogens is 3. The number of ether oxygens (including phenoxy) is 1. The van der Waals surface area contributed by atoms with E-state index < -0.39 is 24.0 Å². The molecule has 2 rings (SSSR count). The highest BCUT2D eigenvalue weighted by Crippen LogP contribution is 2.40. The summed E-state index contributed by atoms with van der Waals surface area (Å²) in [5.41, 5.74) is -3.11. The maximum Gasteiger partial charge on any atom is 0.424 e. The van der Waals surface area contributed by atoms with Gasteiger partial charge < -0.3 is 24.6 Å². The highest BCUT2D eigenvalue weighted by Gasteiger charge is 2.57. The van der Waals surface area contributed by atoms with Crippen molar-refractivity contribution in [3.05, 3.63) is 18.2 Å². The highest BCUT2D eigenvalue weighted by atomic mass is 19.4. The lowest BCUT2D eigenvalue weighted by Gasteiger charge is -2.29. The molecule has 0 aliphatic carbocycles. The second-order valence-electron chi connectivity index (χ2n) is 7.22. The normalized spacial score (nSPS) is 22.5. The van der Waals surface area contributed by atoms with E-state index in [0.717, 1.165) is 4.57 Å². The van der Waals surface area contributed by atoms with Crippen molar-refractivity contribution in [1.29, 1.82) is 0 Å². The van der Waals surface area contributed by atoms with Gasteiger partial charge in [0.2, 0.25) is 5.60 Å². The minimum absolute atomic E-state index is 0.0194. The third-order valence-corrected chi connectivity index (χ3v) is 5.15. The number of hydrogen-bond acceptors (Lipinski definition) is 5. The Kier molecular flexibility index (Phi) is 7.15. The highest BCUT2D eigenvalue weighted by molar-refractivity contribution is 5.82. The zero-order chi connectivity index (χ0) is 21.8. The van der Waals surface area contributed by atoms with E-state index >= 15 is 0 Å². The first-order valence-electron chi connectivity index (χ1n) is 9.43. The number of nitrogens with zero attached hydrogens (tertiary/aromatic N) is 4. The first-order valence-corrected chi connectivity index (χ1v) is 9.43. The van der Waals surface area contributed by atoms with Crippen molar-refractivity contribution in [2.75, 3.05) is 33.3 Å². The first-order chi connectivity index (χ1) is 13.5. The predicted octanol–water partition coefficient (Wildman–Crippen LogP) is 1.27. The molecule has 1 aliphatic heterocycles. The number of aromatic nitrogens is 2. The van der Waals surface area contributed by atoms with Crippen LogP contribution in [0.25, 0.3) is 0 Å². The maximum atomic E-state index is 13.6. The van der Waals surface area contributed by atoms with Gasteiger partial charge in [-0.1, -0.05) is 6.92 Å². The van der Waals surface area contributed by atoms with Crippen molar-refractivity contribution < 1.29 is 27.8 Å². The number of guanidine groups is 1. The molecule has 2 heterocycles. The fourth-order valence-electron chi connectivity index (χ4n) is 3.49. The van der Waals surface area contributed by atoms with Crippen LogP contribution in [0.5, 0.6) is 0 Å². The molecule has 1 aromatic rings. The molecule has 0 bridgehead atoms. The fourth-order valence-corrected chi connectivity index (χ4v) is 3.49. The minimum Gasteiger partial charge on any atom is -0.469 e. The summed E-state index contributed by atoms with van der Waals surface area (Å²) in [6.07, 6.45) is -3.03. The number of likely N-dealkylation sites (tertiary alicyclic amines) is 1. The van der Waals surface area contributed by atoms with Gasteiger partial charge in [0, 0.05) is 52.0 Å². The summed E-state index contributed by atoms with van der Waals surface area (Å²) in [7, 11) is 2.72. The van der Waals surface area contributed by atoms with Crippen molar-refractivity contribution in [3.63, 3.8) is 0 Å². The van der Waals surface area contributed by atoms with Crippen LogP contribution in [0.1, 0.15) is 26.1 Å². The van der Waals surface area contributed by atoms with Crippen LogP contribution >= 0.6 is 0 Å². The molecule has 0 radical (unpaired) electrons. The number of esters is 1. The molecule has 2 N–H and O–H groups in total. The van der Waals surface area contributed by atoms with Crippen LogP contribution in [-0.2, 0) is 22.2 Å². The minimum atomic E-state index is -4.90. The van der Waals surface area contributed by atoms with Gasteiger partial charge in [-0.15, -0.1) is 0 Å². The molecule has 29 heavy (non-hydrogen) atoms. The lowest BCUT2D eigenvalue weighted by atomic mass is 9.98. The van der Waals surface area contributed by atoms with Gasteiger partial charge in [-0.3, -0.25) is 9.79 Å². The summed E-state index contributed by atoms with van der Waals surface area (Å²) in [5.74, 6) is -0.715. The average Bonchev–Trinajstić information content (AvgIpc) is 3.25. The van der Waals surface area contributed by atoms with Crippen LogP contribution in [0.3, 0.4) is 0 Å². The van der Waals surface area contributed by atoms with Crippen molar-refractivity contribution in [2.45, 2.75) is 32.0 Å². The smallest absolute Gasteiger partial charge is 0.424 e. The molecule has 3 unspecified atom stereocenters. The number of imidazole rings is 1. The third kappa shape index (κ3) is 4.82. The monoisotopic (exact) mass is 419 g/mol. The van der Waals surface area contributed by atoms with E-state index in [0.29, 0.717) is 25.6 Å². The predicted molar refractivity (Wildman–Crippen MR) is 100.0 cm³/mol. The summed E-state index contributed by atoms with van der Waals surface area (Å²) in [4.78, 5) is 21.7. The van der Waals surface area contributed by atoms with Crippen LogP contribution in [0.15, 0.2) is 17.4 Å². The molecule has 164 valence electrons. The molecule has 3 atom stereocenters. The largest absolute Gasteiger partial charge is 0.469 e. The Morgan fingerprint density at radius 3 is 2.66 bits per heavy atom. The lowest BCUT2D eigenvalue weighted by molar-refractivity contribution is -0.272. The van der Waals surface area contributed by atoms with E-state index in [1.165, 1.54) is 26.6 Å². The van der Waals surface area contributed by atoms with Crippen LogP contribution in [0.2, 0.25) is 0 Å². The van der Waals surface area contributed by atoms with Gasteiger partial charge in [0.05, 0.1) is 13.0 Å². The molecule has 11 heteroatoms. The van der Waals surface area contributed by atoms with Gasteiger partial charge in [0.15, 0.2) is 5.96 Å². The topological polar surface area (TPSA) is 92.0 Å². The first kappa shape index (κ1) is 23.0. The number of aliphatic imine (C=N–C) groups is 1. The van der Waals surface area contributed by atoms with E-state index in [4.69, 9.17) is 4.74 Å². The summed E-state index contributed by atoms with van der Waals surface area (Å²) >= 11 is 0. The van der Waals surface area contributed by atoms with Crippen LogP contribution < -0.4 is 5.32 Å². The number of carbonyl (C=O) groups excluding carboxylic acids is 1. The van der Waals surface area contributed by atoms with Gasteiger partial charge in [-0.25, -0.2) is 4.98 Å². The van der Waals surface area contributed by atoms with E-state index in [1.54, 1.807) is 0 Å². The van der Waals surface area contributed by atoms with Crippen LogP contribution in [0.4, 0.5) is 13.2 Å². The van der Waals surface area contributed by atoms with Crippen molar-refractivity contribution in [2.24, 2.45) is 23.9 Å². The molecule has 0 aromatic carbocycles. The number of rotatable bonds is 6. The Labute approximate surface area is 167 Å². The Morgan fingerprint density at radius 1 is 1.45 bits per heavy atom.